The molecule has 2 N–H and O–H groups in total. The fourth-order valence-corrected chi connectivity index (χ4v) is 1.65. The largest absolute Gasteiger partial charge is 0.323 e. The van der Waals surface area contributed by atoms with Crippen molar-refractivity contribution in [3.8, 4) is 5.82 Å². The Labute approximate surface area is 135 Å². The summed E-state index contributed by atoms with van der Waals surface area (Å²) in [4.78, 5) is 20.1. The molecule has 9 heteroatoms. The summed E-state index contributed by atoms with van der Waals surface area (Å²) < 4.78 is 1.51. The average Bonchev–Trinajstić information content (AvgIpc) is 2.93. The zero-order valence-electron chi connectivity index (χ0n) is 11.7. The number of carbonyl (C=O) groups excluding carboxylic acids is 1. The molecular formula is C12H18Cl2N6O. The van der Waals surface area contributed by atoms with E-state index in [1.54, 1.807) is 18.3 Å². The highest BCUT2D eigenvalue weighted by molar-refractivity contribution is 5.93. The number of aromatic nitrogens is 4. The van der Waals surface area contributed by atoms with Gasteiger partial charge in [0.05, 0.1) is 5.69 Å². The summed E-state index contributed by atoms with van der Waals surface area (Å²) in [5, 5.41) is 9.84. The van der Waals surface area contributed by atoms with E-state index in [9.17, 15) is 4.79 Å². The zero-order chi connectivity index (χ0) is 13.7. The third-order valence-corrected chi connectivity index (χ3v) is 2.64. The number of hydrogen-bond acceptors (Lipinski definition) is 5. The van der Waals surface area contributed by atoms with Gasteiger partial charge in [0.15, 0.2) is 5.82 Å². The Morgan fingerprint density at radius 1 is 1.43 bits per heavy atom. The van der Waals surface area contributed by atoms with Crippen LogP contribution in [0.2, 0.25) is 0 Å². The van der Waals surface area contributed by atoms with Crippen molar-refractivity contribution in [2.45, 2.75) is 6.92 Å². The van der Waals surface area contributed by atoms with Gasteiger partial charge in [-0.3, -0.25) is 4.79 Å². The molecule has 2 rings (SSSR count). The summed E-state index contributed by atoms with van der Waals surface area (Å²) in [5.74, 6) is 0.350. The molecule has 2 aromatic rings. The van der Waals surface area contributed by atoms with E-state index in [0.717, 1.165) is 0 Å². The minimum atomic E-state index is -0.131. The number of pyridine rings is 1. The van der Waals surface area contributed by atoms with Gasteiger partial charge in [-0.1, -0.05) is 6.92 Å². The first-order chi connectivity index (χ1) is 9.22. The molecule has 116 valence electrons. The highest BCUT2D eigenvalue weighted by Gasteiger charge is 2.15. The molecule has 1 unspecified atom stereocenters. The Morgan fingerprint density at radius 2 is 2.19 bits per heavy atom. The molecule has 0 aliphatic heterocycles. The lowest BCUT2D eigenvalue weighted by Crippen LogP contribution is -2.29. The van der Waals surface area contributed by atoms with Crippen LogP contribution in [0.3, 0.4) is 0 Å². The van der Waals surface area contributed by atoms with Gasteiger partial charge in [0.1, 0.15) is 12.7 Å². The topological polar surface area (TPSA) is 84.7 Å². The predicted molar refractivity (Wildman–Crippen MR) is 85.4 cm³/mol. The van der Waals surface area contributed by atoms with Crippen molar-refractivity contribution >= 4 is 36.4 Å². The lowest BCUT2D eigenvalue weighted by molar-refractivity contribution is -0.119. The molecule has 0 aliphatic rings. The second-order valence-electron chi connectivity index (χ2n) is 4.16. The molecule has 1 amide bonds. The number of carbonyl (C=O) groups is 1. The fourth-order valence-electron chi connectivity index (χ4n) is 1.65. The van der Waals surface area contributed by atoms with E-state index in [4.69, 9.17) is 0 Å². The van der Waals surface area contributed by atoms with Crippen LogP contribution in [-0.2, 0) is 4.79 Å². The molecule has 0 radical (unpaired) electrons. The highest BCUT2D eigenvalue weighted by atomic mass is 35.5. The molecule has 2 heterocycles. The summed E-state index contributed by atoms with van der Waals surface area (Å²) in [5.41, 5.74) is 0.612. The monoisotopic (exact) mass is 332 g/mol. The number of halogens is 2. The Bertz CT molecular complexity index is 548. The third-order valence-electron chi connectivity index (χ3n) is 2.64. The van der Waals surface area contributed by atoms with E-state index in [-0.39, 0.29) is 36.6 Å². The number of rotatable bonds is 5. The molecule has 21 heavy (non-hydrogen) atoms. The maximum absolute atomic E-state index is 12.0. The third kappa shape index (κ3) is 4.96. The molecule has 1 atom stereocenters. The first kappa shape index (κ1) is 19.3. The van der Waals surface area contributed by atoms with Crippen molar-refractivity contribution in [3.05, 3.63) is 31.0 Å². The van der Waals surface area contributed by atoms with Crippen LogP contribution in [0.25, 0.3) is 5.82 Å². The summed E-state index contributed by atoms with van der Waals surface area (Å²) in [6.07, 6.45) is 4.60. The van der Waals surface area contributed by atoms with E-state index in [2.05, 4.69) is 25.7 Å². The second-order valence-corrected chi connectivity index (χ2v) is 4.16. The second kappa shape index (κ2) is 9.28. The minimum absolute atomic E-state index is 0. The number of nitrogens with zero attached hydrogens (tertiary/aromatic N) is 4. The first-order valence-corrected chi connectivity index (χ1v) is 5.98. The normalized spacial score (nSPS) is 11.0. The van der Waals surface area contributed by atoms with Crippen LogP contribution in [0, 0.1) is 5.92 Å². The smallest absolute Gasteiger partial charge is 0.228 e. The van der Waals surface area contributed by atoms with Gasteiger partial charge in [-0.25, -0.2) is 14.6 Å². The summed E-state index contributed by atoms with van der Waals surface area (Å²) in [6, 6.07) is 3.55. The van der Waals surface area contributed by atoms with Crippen LogP contribution in [0.4, 0.5) is 5.69 Å². The van der Waals surface area contributed by atoms with Crippen molar-refractivity contribution in [1.82, 2.24) is 25.1 Å². The van der Waals surface area contributed by atoms with Crippen LogP contribution in [0.5, 0.6) is 0 Å². The number of hydrogen-bond donors (Lipinski definition) is 2. The predicted octanol–water partition coefficient (Wildman–Crippen LogP) is 1.30. The average molecular weight is 333 g/mol. The number of nitrogens with one attached hydrogen (secondary N) is 2. The van der Waals surface area contributed by atoms with Crippen molar-refractivity contribution in [2.24, 2.45) is 5.92 Å². The van der Waals surface area contributed by atoms with Crippen molar-refractivity contribution in [1.29, 1.82) is 0 Å². The van der Waals surface area contributed by atoms with Gasteiger partial charge in [-0.2, -0.15) is 5.10 Å². The lowest BCUT2D eigenvalue weighted by Gasteiger charge is -2.13. The molecule has 0 saturated heterocycles. The van der Waals surface area contributed by atoms with Gasteiger partial charge >= 0.3 is 0 Å². The molecule has 2 aromatic heterocycles. The van der Waals surface area contributed by atoms with Crippen LogP contribution >= 0.6 is 24.8 Å². The van der Waals surface area contributed by atoms with E-state index in [1.807, 2.05) is 14.0 Å². The zero-order valence-corrected chi connectivity index (χ0v) is 13.3. The van der Waals surface area contributed by atoms with Crippen molar-refractivity contribution < 1.29 is 4.79 Å². The molecule has 0 saturated carbocycles. The minimum Gasteiger partial charge on any atom is -0.323 e. The highest BCUT2D eigenvalue weighted by Crippen LogP contribution is 2.16. The van der Waals surface area contributed by atoms with Crippen LogP contribution in [0.1, 0.15) is 6.92 Å². The van der Waals surface area contributed by atoms with Gasteiger partial charge in [-0.15, -0.1) is 24.8 Å². The maximum atomic E-state index is 12.0. The SMILES string of the molecule is CNCC(C)C(=O)Nc1cccnc1-n1cncn1.Cl.Cl. The van der Waals surface area contributed by atoms with Gasteiger partial charge in [0.2, 0.25) is 5.91 Å². The quantitative estimate of drug-likeness (QED) is 0.862. The van der Waals surface area contributed by atoms with Gasteiger partial charge in [-0.05, 0) is 19.2 Å². The van der Waals surface area contributed by atoms with Crippen LogP contribution in [-0.4, -0.2) is 39.2 Å². The Morgan fingerprint density at radius 3 is 2.81 bits per heavy atom. The Kier molecular flexibility index (Phi) is 8.52. The number of anilines is 1. The Balaban J connectivity index is 0.00000200. The van der Waals surface area contributed by atoms with Crippen LogP contribution in [0.15, 0.2) is 31.0 Å². The first-order valence-electron chi connectivity index (χ1n) is 5.98. The van der Waals surface area contributed by atoms with Crippen LogP contribution < -0.4 is 10.6 Å². The molecule has 0 aliphatic carbocycles. The molecule has 0 bridgehead atoms. The standard InChI is InChI=1S/C12H16N6O.2ClH/c1-9(6-13-2)12(19)17-10-4-3-5-15-11(10)18-8-14-7-16-18;;/h3-5,7-9,13H,6H2,1-2H3,(H,17,19);2*1H. The molecule has 0 fully saturated rings. The molecule has 0 spiro atoms. The fraction of sp³-hybridized carbons (Fsp3) is 0.333. The summed E-state index contributed by atoms with van der Waals surface area (Å²) in [6.45, 7) is 2.47. The van der Waals surface area contributed by atoms with Crippen molar-refractivity contribution in [2.75, 3.05) is 18.9 Å². The molecule has 0 aromatic carbocycles. The van der Waals surface area contributed by atoms with Crippen molar-refractivity contribution in [3.63, 3.8) is 0 Å². The summed E-state index contributed by atoms with van der Waals surface area (Å²) in [7, 11) is 1.81. The number of amides is 1. The lowest BCUT2D eigenvalue weighted by atomic mass is 10.1. The van der Waals surface area contributed by atoms with E-state index < -0.39 is 0 Å². The van der Waals surface area contributed by atoms with Gasteiger partial charge in [0.25, 0.3) is 0 Å². The Hall–Kier alpha value is -1.70. The van der Waals surface area contributed by atoms with E-state index in [1.165, 1.54) is 17.3 Å². The van der Waals surface area contributed by atoms with E-state index in [0.29, 0.717) is 18.1 Å². The van der Waals surface area contributed by atoms with E-state index >= 15 is 0 Å². The maximum Gasteiger partial charge on any atom is 0.228 e. The summed E-state index contributed by atoms with van der Waals surface area (Å²) >= 11 is 0. The van der Waals surface area contributed by atoms with Gasteiger partial charge in [0, 0.05) is 18.7 Å². The molecule has 7 nitrogen and oxygen atoms in total. The molecular weight excluding hydrogens is 315 g/mol. The van der Waals surface area contributed by atoms with Gasteiger partial charge < -0.3 is 10.6 Å².